The van der Waals surface area contributed by atoms with Crippen LogP contribution >= 0.6 is 0 Å². The van der Waals surface area contributed by atoms with Crippen molar-refractivity contribution in [2.45, 2.75) is 50.7 Å². The minimum absolute atomic E-state index is 0.00242. The molecule has 0 saturated carbocycles. The molecular formula is C30H30F4N6O4. The average molecular weight is 615 g/mol. The number of benzene rings is 3. The SMILES string of the molecule is C[C@@H]1OC(c2ccc(OCCCO)cc2)=N[C@]1(Cc1ccccc1CN=[N+]=[N-])C(=O)NNCc1cc(F)cc(C(F)(F)F)c1. The zero-order valence-electron chi connectivity index (χ0n) is 23.6. The Balaban J connectivity index is 1.61. The van der Waals surface area contributed by atoms with E-state index in [0.29, 0.717) is 41.5 Å². The van der Waals surface area contributed by atoms with Crippen LogP contribution in [-0.2, 0) is 35.2 Å². The number of hydrogen-bond donors (Lipinski definition) is 3. The van der Waals surface area contributed by atoms with E-state index in [-0.39, 0.29) is 37.6 Å². The summed E-state index contributed by atoms with van der Waals surface area (Å²) in [4.78, 5) is 21.4. The molecular weight excluding hydrogens is 584 g/mol. The number of hydrazine groups is 1. The first-order valence-electron chi connectivity index (χ1n) is 13.6. The van der Waals surface area contributed by atoms with Crippen molar-refractivity contribution in [2.75, 3.05) is 13.2 Å². The van der Waals surface area contributed by atoms with Crippen molar-refractivity contribution in [2.24, 2.45) is 10.1 Å². The lowest BCUT2D eigenvalue weighted by Crippen LogP contribution is -2.55. The highest BCUT2D eigenvalue weighted by Crippen LogP contribution is 2.34. The Morgan fingerprint density at radius 2 is 1.89 bits per heavy atom. The van der Waals surface area contributed by atoms with Crippen molar-refractivity contribution in [1.29, 1.82) is 0 Å². The van der Waals surface area contributed by atoms with Crippen LogP contribution in [0.3, 0.4) is 0 Å². The summed E-state index contributed by atoms with van der Waals surface area (Å²) in [5.74, 6) is -0.954. The van der Waals surface area contributed by atoms with Crippen LogP contribution < -0.4 is 15.6 Å². The summed E-state index contributed by atoms with van der Waals surface area (Å²) < 4.78 is 65.0. The second-order valence-electron chi connectivity index (χ2n) is 10.0. The van der Waals surface area contributed by atoms with Gasteiger partial charge in [-0.3, -0.25) is 10.2 Å². The molecule has 0 radical (unpaired) electrons. The first-order valence-corrected chi connectivity index (χ1v) is 13.6. The predicted octanol–water partition coefficient (Wildman–Crippen LogP) is 5.38. The third-order valence-corrected chi connectivity index (χ3v) is 6.99. The lowest BCUT2D eigenvalue weighted by atomic mass is 9.84. The van der Waals surface area contributed by atoms with Gasteiger partial charge in [-0.15, -0.1) is 0 Å². The Kier molecular flexibility index (Phi) is 10.4. The highest BCUT2D eigenvalue weighted by atomic mass is 19.4. The third-order valence-electron chi connectivity index (χ3n) is 6.99. The summed E-state index contributed by atoms with van der Waals surface area (Å²) in [6, 6.07) is 16.0. The number of ether oxygens (including phenoxy) is 2. The van der Waals surface area contributed by atoms with E-state index in [9.17, 15) is 22.4 Å². The molecule has 14 heteroatoms. The van der Waals surface area contributed by atoms with Crippen LogP contribution in [0.4, 0.5) is 17.6 Å². The number of nitrogens with zero attached hydrogens (tertiary/aromatic N) is 4. The molecule has 1 aliphatic rings. The number of alkyl halides is 3. The van der Waals surface area contributed by atoms with Gasteiger partial charge in [0.25, 0.3) is 5.91 Å². The van der Waals surface area contributed by atoms with Crippen LogP contribution in [0.2, 0.25) is 0 Å². The number of aliphatic hydroxyl groups excluding tert-OH is 1. The van der Waals surface area contributed by atoms with Gasteiger partial charge in [0.15, 0.2) is 5.54 Å². The van der Waals surface area contributed by atoms with Gasteiger partial charge in [-0.2, -0.15) is 13.2 Å². The van der Waals surface area contributed by atoms with Crippen molar-refractivity contribution in [1.82, 2.24) is 10.9 Å². The van der Waals surface area contributed by atoms with E-state index in [0.717, 1.165) is 12.1 Å². The van der Waals surface area contributed by atoms with Crippen LogP contribution in [0.1, 0.15) is 41.2 Å². The first-order chi connectivity index (χ1) is 21.1. The Morgan fingerprint density at radius 3 is 2.57 bits per heavy atom. The molecule has 0 saturated heterocycles. The van der Waals surface area contributed by atoms with E-state index in [1.807, 2.05) is 0 Å². The minimum atomic E-state index is -4.74. The highest BCUT2D eigenvalue weighted by molar-refractivity contribution is 6.00. The molecule has 0 unspecified atom stereocenters. The van der Waals surface area contributed by atoms with E-state index in [4.69, 9.17) is 25.1 Å². The number of amides is 1. The van der Waals surface area contributed by atoms with Crippen molar-refractivity contribution in [3.8, 4) is 5.75 Å². The molecule has 0 aromatic heterocycles. The van der Waals surface area contributed by atoms with Crippen LogP contribution in [0, 0.1) is 5.82 Å². The van der Waals surface area contributed by atoms with Crippen molar-refractivity contribution < 1.29 is 36.9 Å². The molecule has 1 aliphatic heterocycles. The first kappa shape index (κ1) is 32.3. The molecule has 1 amide bonds. The summed E-state index contributed by atoms with van der Waals surface area (Å²) in [6.45, 7) is 1.74. The Labute approximate surface area is 250 Å². The molecule has 0 aliphatic carbocycles. The highest BCUT2D eigenvalue weighted by Gasteiger charge is 2.50. The van der Waals surface area contributed by atoms with Gasteiger partial charge in [-0.1, -0.05) is 29.4 Å². The fourth-order valence-electron chi connectivity index (χ4n) is 4.68. The molecule has 3 aromatic rings. The van der Waals surface area contributed by atoms with Crippen molar-refractivity contribution in [3.63, 3.8) is 0 Å². The summed E-state index contributed by atoms with van der Waals surface area (Å²) in [5, 5.41) is 12.6. The minimum Gasteiger partial charge on any atom is -0.494 e. The van der Waals surface area contributed by atoms with Gasteiger partial charge in [-0.25, -0.2) is 14.8 Å². The maximum absolute atomic E-state index is 13.9. The molecule has 0 bridgehead atoms. The van der Waals surface area contributed by atoms with Gasteiger partial charge in [0.2, 0.25) is 5.90 Å². The number of rotatable bonds is 13. The fraction of sp³-hybridized carbons (Fsp3) is 0.333. The Bertz CT molecular complexity index is 1540. The van der Waals surface area contributed by atoms with E-state index in [1.165, 1.54) is 0 Å². The second kappa shape index (κ2) is 14.2. The van der Waals surface area contributed by atoms with Crippen LogP contribution in [-0.4, -0.2) is 41.8 Å². The molecule has 3 aromatic carbocycles. The number of nitrogens with one attached hydrogen (secondary N) is 2. The zero-order chi connectivity index (χ0) is 31.7. The molecule has 232 valence electrons. The van der Waals surface area contributed by atoms with Crippen LogP contribution in [0.25, 0.3) is 10.4 Å². The molecule has 2 atom stereocenters. The zero-order valence-corrected chi connectivity index (χ0v) is 23.6. The topological polar surface area (TPSA) is 141 Å². The molecule has 3 N–H and O–H groups in total. The number of hydrogen-bond acceptors (Lipinski definition) is 7. The normalized spacial score (nSPS) is 17.8. The van der Waals surface area contributed by atoms with Gasteiger partial charge < -0.3 is 14.6 Å². The number of carbonyl (C=O) groups excluding carboxylic acids is 1. The summed E-state index contributed by atoms with van der Waals surface area (Å²) in [6.07, 6.45) is -5.04. The molecule has 1 heterocycles. The lowest BCUT2D eigenvalue weighted by Gasteiger charge is -2.29. The lowest BCUT2D eigenvalue weighted by molar-refractivity contribution is -0.138. The Hall–Kier alpha value is -4.65. The molecule has 0 fully saturated rings. The number of halogens is 4. The largest absolute Gasteiger partial charge is 0.494 e. The summed E-state index contributed by atoms with van der Waals surface area (Å²) in [5.41, 5.74) is 13.1. The van der Waals surface area contributed by atoms with E-state index >= 15 is 0 Å². The van der Waals surface area contributed by atoms with Gasteiger partial charge in [-0.05, 0) is 71.6 Å². The number of aliphatic imine (C=N–C) groups is 1. The number of azide groups is 1. The third kappa shape index (κ3) is 7.84. The fourth-order valence-corrected chi connectivity index (χ4v) is 4.68. The van der Waals surface area contributed by atoms with E-state index < -0.39 is 35.1 Å². The maximum atomic E-state index is 13.9. The maximum Gasteiger partial charge on any atom is 0.416 e. The van der Waals surface area contributed by atoms with Gasteiger partial charge in [0.1, 0.15) is 17.7 Å². The Morgan fingerprint density at radius 1 is 1.16 bits per heavy atom. The van der Waals surface area contributed by atoms with E-state index in [2.05, 4.69) is 20.9 Å². The number of aliphatic hydroxyl groups is 1. The predicted molar refractivity (Wildman–Crippen MR) is 153 cm³/mol. The van der Waals surface area contributed by atoms with Gasteiger partial charge in [0.05, 0.1) is 18.7 Å². The van der Waals surface area contributed by atoms with Crippen LogP contribution in [0.15, 0.2) is 76.8 Å². The molecule has 0 spiro atoms. The molecule has 4 rings (SSSR count). The summed E-state index contributed by atoms with van der Waals surface area (Å²) >= 11 is 0. The quantitative estimate of drug-likeness (QED) is 0.0592. The van der Waals surface area contributed by atoms with Crippen LogP contribution in [0.5, 0.6) is 5.75 Å². The standard InChI is InChI=1S/C30H30F4N6O4/c1-19-29(16-22-5-2-3-6-23(22)18-37-40-35,38-27(44-19)21-7-9-26(10-8-21)43-12-4-11-41)28(42)39-36-17-20-13-24(30(32,33)34)15-25(31)14-20/h2-3,5-10,13-15,19,36,41H,4,11-12,16-18H2,1H3,(H,39,42)/t19-,29-/m0/s1. The molecule has 10 nitrogen and oxygen atoms in total. The average Bonchev–Trinajstić information content (AvgIpc) is 3.33. The summed E-state index contributed by atoms with van der Waals surface area (Å²) in [7, 11) is 0. The second-order valence-corrected chi connectivity index (χ2v) is 10.0. The monoisotopic (exact) mass is 614 g/mol. The van der Waals surface area contributed by atoms with Crippen molar-refractivity contribution >= 4 is 11.8 Å². The van der Waals surface area contributed by atoms with Crippen molar-refractivity contribution in [3.05, 3.63) is 111 Å². The van der Waals surface area contributed by atoms with Gasteiger partial charge >= 0.3 is 6.18 Å². The molecule has 44 heavy (non-hydrogen) atoms. The van der Waals surface area contributed by atoms with E-state index in [1.54, 1.807) is 55.5 Å². The van der Waals surface area contributed by atoms with Gasteiger partial charge in [0, 0.05) is 36.5 Å². The smallest absolute Gasteiger partial charge is 0.416 e. The number of carbonyl (C=O) groups is 1.